The van der Waals surface area contributed by atoms with Crippen molar-refractivity contribution in [3.63, 3.8) is 0 Å². The Morgan fingerprint density at radius 1 is 1.37 bits per heavy atom. The van der Waals surface area contributed by atoms with E-state index < -0.39 is 0 Å². The van der Waals surface area contributed by atoms with Gasteiger partial charge < -0.3 is 21.3 Å². The Hall–Kier alpha value is -1.79. The number of guanidine groups is 1. The van der Waals surface area contributed by atoms with E-state index in [9.17, 15) is 4.79 Å². The maximum absolute atomic E-state index is 11.4. The summed E-state index contributed by atoms with van der Waals surface area (Å²) in [5.41, 5.74) is 6.58. The normalized spacial score (nSPS) is 18.3. The first-order chi connectivity index (χ1) is 13.1. The van der Waals surface area contributed by atoms with Crippen LogP contribution in [0.3, 0.4) is 0 Å². The van der Waals surface area contributed by atoms with Crippen molar-refractivity contribution in [1.82, 2.24) is 15.5 Å². The lowest BCUT2D eigenvalue weighted by Gasteiger charge is -2.30. The minimum atomic E-state index is -0.171. The topological polar surface area (TPSA) is 82.8 Å². The highest BCUT2D eigenvalue weighted by Gasteiger charge is 2.23. The molecule has 0 spiro atoms. The van der Waals surface area contributed by atoms with Gasteiger partial charge in [-0.15, -0.1) is 0 Å². The number of benzene rings is 1. The van der Waals surface area contributed by atoms with Crippen molar-refractivity contribution in [1.29, 1.82) is 0 Å². The fourth-order valence-electron chi connectivity index (χ4n) is 3.33. The van der Waals surface area contributed by atoms with Gasteiger partial charge in [-0.3, -0.25) is 9.79 Å². The number of hydrogen-bond acceptors (Lipinski definition) is 3. The van der Waals surface area contributed by atoms with Gasteiger partial charge in [0.2, 0.25) is 5.91 Å². The van der Waals surface area contributed by atoms with E-state index in [0.29, 0.717) is 0 Å². The van der Waals surface area contributed by atoms with Gasteiger partial charge in [-0.1, -0.05) is 29.8 Å². The third-order valence-electron chi connectivity index (χ3n) is 4.80. The van der Waals surface area contributed by atoms with E-state index in [1.165, 1.54) is 0 Å². The number of aliphatic imine (C=N–C) groups is 1. The van der Waals surface area contributed by atoms with Gasteiger partial charge in [0, 0.05) is 31.2 Å². The Labute approximate surface area is 167 Å². The van der Waals surface area contributed by atoms with Gasteiger partial charge in [0.05, 0.1) is 5.92 Å². The first-order valence-electron chi connectivity index (χ1n) is 9.87. The molecule has 1 aliphatic heterocycles. The highest BCUT2D eigenvalue weighted by atomic mass is 35.5. The molecule has 1 unspecified atom stereocenters. The van der Waals surface area contributed by atoms with Crippen molar-refractivity contribution in [3.05, 3.63) is 34.9 Å². The molecule has 0 saturated carbocycles. The summed E-state index contributed by atoms with van der Waals surface area (Å²) in [6.45, 7) is 7.19. The van der Waals surface area contributed by atoms with E-state index in [4.69, 9.17) is 17.3 Å². The molecule has 1 aromatic rings. The molecule has 1 saturated heterocycles. The minimum Gasteiger partial charge on any atom is -0.369 e. The summed E-state index contributed by atoms with van der Waals surface area (Å²) in [5, 5.41) is 7.44. The first-order valence-corrected chi connectivity index (χ1v) is 10.2. The first kappa shape index (κ1) is 21.5. The van der Waals surface area contributed by atoms with Crippen LogP contribution < -0.4 is 16.4 Å². The fourth-order valence-corrected chi connectivity index (χ4v) is 3.56. The molecule has 0 radical (unpaired) electrons. The van der Waals surface area contributed by atoms with Crippen LogP contribution in [0.25, 0.3) is 0 Å². The van der Waals surface area contributed by atoms with Crippen LogP contribution >= 0.6 is 11.6 Å². The number of likely N-dealkylation sites (tertiary alicyclic amines) is 1. The lowest BCUT2D eigenvalue weighted by Crippen LogP contribution is -2.41. The number of amides is 1. The molecule has 2 rings (SSSR count). The van der Waals surface area contributed by atoms with Crippen LogP contribution in [0.4, 0.5) is 0 Å². The molecule has 6 nitrogen and oxygen atoms in total. The van der Waals surface area contributed by atoms with E-state index in [1.807, 2.05) is 24.3 Å². The molecule has 1 fully saturated rings. The van der Waals surface area contributed by atoms with Gasteiger partial charge in [-0.25, -0.2) is 0 Å². The summed E-state index contributed by atoms with van der Waals surface area (Å²) in [4.78, 5) is 18.3. The van der Waals surface area contributed by atoms with Crippen molar-refractivity contribution in [2.45, 2.75) is 32.6 Å². The third-order valence-corrected chi connectivity index (χ3v) is 5.17. The van der Waals surface area contributed by atoms with Crippen LogP contribution in [0.2, 0.25) is 5.02 Å². The highest BCUT2D eigenvalue weighted by molar-refractivity contribution is 6.31. The monoisotopic (exact) mass is 393 g/mol. The summed E-state index contributed by atoms with van der Waals surface area (Å²) in [5.74, 6) is 0.666. The predicted molar refractivity (Wildman–Crippen MR) is 112 cm³/mol. The Morgan fingerprint density at radius 3 is 2.93 bits per heavy atom. The Kier molecular flexibility index (Phi) is 9.42. The van der Waals surface area contributed by atoms with Crippen molar-refractivity contribution in [3.8, 4) is 0 Å². The summed E-state index contributed by atoms with van der Waals surface area (Å²) >= 11 is 6.20. The molecular formula is C20H32ClN5O. The smallest absolute Gasteiger partial charge is 0.221 e. The molecule has 1 atom stereocenters. The Balaban J connectivity index is 1.71. The van der Waals surface area contributed by atoms with E-state index >= 15 is 0 Å². The summed E-state index contributed by atoms with van der Waals surface area (Å²) in [7, 11) is 0. The lowest BCUT2D eigenvalue weighted by molar-refractivity contribution is -0.123. The fraction of sp³-hybridized carbons (Fsp3) is 0.600. The minimum absolute atomic E-state index is 0.00560. The number of halogens is 1. The number of hydrogen-bond donors (Lipinski definition) is 3. The number of carbonyl (C=O) groups is 1. The van der Waals surface area contributed by atoms with Gasteiger partial charge in [-0.2, -0.15) is 0 Å². The molecule has 0 bridgehead atoms. The van der Waals surface area contributed by atoms with Gasteiger partial charge in [0.15, 0.2) is 5.96 Å². The van der Waals surface area contributed by atoms with Crippen molar-refractivity contribution in [2.75, 3.05) is 39.3 Å². The number of nitrogens with two attached hydrogens (primary N) is 1. The molecule has 1 heterocycles. The van der Waals surface area contributed by atoms with Crippen molar-refractivity contribution < 1.29 is 4.79 Å². The van der Waals surface area contributed by atoms with Crippen LogP contribution in [0.5, 0.6) is 0 Å². The number of carbonyl (C=O) groups excluding carboxylic acids is 1. The molecular weight excluding hydrogens is 362 g/mol. The second-order valence-electron chi connectivity index (χ2n) is 6.92. The second-order valence-corrected chi connectivity index (χ2v) is 7.33. The van der Waals surface area contributed by atoms with Crippen LogP contribution in [0.15, 0.2) is 29.3 Å². The highest BCUT2D eigenvalue weighted by Crippen LogP contribution is 2.16. The Bertz CT molecular complexity index is 622. The zero-order chi connectivity index (χ0) is 19.5. The number of primary amides is 1. The van der Waals surface area contributed by atoms with Crippen LogP contribution in [-0.2, 0) is 11.2 Å². The molecule has 4 N–H and O–H groups in total. The van der Waals surface area contributed by atoms with Gasteiger partial charge in [0.1, 0.15) is 0 Å². The molecule has 1 aliphatic rings. The zero-order valence-corrected chi connectivity index (χ0v) is 17.0. The molecule has 0 aliphatic carbocycles. The second kappa shape index (κ2) is 11.8. The predicted octanol–water partition coefficient (Wildman–Crippen LogP) is 2.03. The number of rotatable bonds is 9. The average Bonchev–Trinajstić information content (AvgIpc) is 2.67. The van der Waals surface area contributed by atoms with Gasteiger partial charge >= 0.3 is 0 Å². The SMILES string of the molecule is CCNC(=NCCCN1CCCC(C(N)=O)C1)NCCc1ccccc1Cl. The Morgan fingerprint density at radius 2 is 2.19 bits per heavy atom. The van der Waals surface area contributed by atoms with Crippen LogP contribution in [0, 0.1) is 5.92 Å². The molecule has 7 heteroatoms. The third kappa shape index (κ3) is 7.77. The van der Waals surface area contributed by atoms with Crippen molar-refractivity contribution >= 4 is 23.5 Å². The quantitative estimate of drug-likeness (QED) is 0.340. The maximum Gasteiger partial charge on any atom is 0.221 e. The van der Waals surface area contributed by atoms with E-state index in [-0.39, 0.29) is 11.8 Å². The van der Waals surface area contributed by atoms with E-state index in [2.05, 4.69) is 27.4 Å². The van der Waals surface area contributed by atoms with Crippen molar-refractivity contribution in [2.24, 2.45) is 16.6 Å². The molecule has 0 aromatic heterocycles. The number of nitrogens with zero attached hydrogens (tertiary/aromatic N) is 2. The standard InChI is InChI=1S/C20H32ClN5O/c1-2-23-20(25-12-10-16-7-3-4-9-18(16)21)24-11-6-14-26-13-5-8-17(15-26)19(22)27/h3-4,7,9,17H,2,5-6,8,10-15H2,1H3,(H2,22,27)(H2,23,24,25). The zero-order valence-electron chi connectivity index (χ0n) is 16.2. The van der Waals surface area contributed by atoms with E-state index in [0.717, 1.165) is 81.5 Å². The molecule has 1 aromatic carbocycles. The van der Waals surface area contributed by atoms with Gasteiger partial charge in [-0.05, 0) is 57.3 Å². The van der Waals surface area contributed by atoms with Crippen LogP contribution in [0.1, 0.15) is 31.7 Å². The molecule has 1 amide bonds. The number of piperidine rings is 1. The van der Waals surface area contributed by atoms with E-state index in [1.54, 1.807) is 0 Å². The van der Waals surface area contributed by atoms with Crippen LogP contribution in [-0.4, -0.2) is 56.0 Å². The largest absolute Gasteiger partial charge is 0.369 e. The summed E-state index contributed by atoms with van der Waals surface area (Å²) < 4.78 is 0. The molecule has 27 heavy (non-hydrogen) atoms. The van der Waals surface area contributed by atoms with Gasteiger partial charge in [0.25, 0.3) is 0 Å². The molecule has 150 valence electrons. The number of nitrogens with one attached hydrogen (secondary N) is 2. The summed E-state index contributed by atoms with van der Waals surface area (Å²) in [6, 6.07) is 7.91. The average molecular weight is 394 g/mol. The summed E-state index contributed by atoms with van der Waals surface area (Å²) in [6.07, 6.45) is 3.78. The lowest BCUT2D eigenvalue weighted by atomic mass is 9.97. The maximum atomic E-state index is 11.4.